The van der Waals surface area contributed by atoms with E-state index in [0.717, 1.165) is 70.6 Å². The first-order valence-electron chi connectivity index (χ1n) is 9.31. The lowest BCUT2D eigenvalue weighted by Gasteiger charge is -2.34. The van der Waals surface area contributed by atoms with Crippen LogP contribution in [-0.4, -0.2) is 80.1 Å². The summed E-state index contributed by atoms with van der Waals surface area (Å²) in [5.41, 5.74) is 1.41. The number of nitrogens with one attached hydrogen (secondary N) is 2. The molecular formula is C19H33N5S. The number of benzene rings is 1. The van der Waals surface area contributed by atoms with Crippen molar-refractivity contribution in [2.75, 3.05) is 64.4 Å². The largest absolute Gasteiger partial charge is 0.357 e. The quantitative estimate of drug-likeness (QED) is 0.397. The van der Waals surface area contributed by atoms with Crippen molar-refractivity contribution in [2.45, 2.75) is 13.5 Å². The molecule has 2 rings (SSSR count). The van der Waals surface area contributed by atoms with Gasteiger partial charge in [-0.25, -0.2) is 0 Å². The first kappa shape index (κ1) is 20.1. The Bertz CT molecular complexity index is 486. The number of hydrogen-bond acceptors (Lipinski definition) is 4. The summed E-state index contributed by atoms with van der Waals surface area (Å²) in [4.78, 5) is 9.77. The maximum atomic E-state index is 4.70. The molecule has 0 atom stereocenters. The van der Waals surface area contributed by atoms with Crippen LogP contribution in [0.5, 0.6) is 0 Å². The van der Waals surface area contributed by atoms with Gasteiger partial charge in [-0.05, 0) is 18.7 Å². The Kier molecular flexibility index (Phi) is 9.77. The number of hydrogen-bond donors (Lipinski definition) is 2. The second-order valence-electron chi connectivity index (χ2n) is 6.28. The minimum atomic E-state index is 0.854. The van der Waals surface area contributed by atoms with Crippen molar-refractivity contribution in [2.24, 2.45) is 4.99 Å². The van der Waals surface area contributed by atoms with Crippen molar-refractivity contribution < 1.29 is 0 Å². The van der Waals surface area contributed by atoms with Crippen LogP contribution in [0.15, 0.2) is 35.3 Å². The zero-order valence-corrected chi connectivity index (χ0v) is 16.5. The molecule has 0 spiro atoms. The van der Waals surface area contributed by atoms with Crippen LogP contribution in [0.1, 0.15) is 12.5 Å². The number of guanidine groups is 1. The molecule has 1 fully saturated rings. The molecule has 0 amide bonds. The van der Waals surface area contributed by atoms with Gasteiger partial charge in [0.15, 0.2) is 5.96 Å². The molecule has 1 aromatic rings. The fourth-order valence-corrected chi connectivity index (χ4v) is 3.24. The summed E-state index contributed by atoms with van der Waals surface area (Å²) < 4.78 is 0. The highest BCUT2D eigenvalue weighted by Gasteiger charge is 2.16. The molecule has 0 aliphatic carbocycles. The van der Waals surface area contributed by atoms with E-state index in [9.17, 15) is 0 Å². The average molecular weight is 364 g/mol. The summed E-state index contributed by atoms with van der Waals surface area (Å²) in [6.45, 7) is 11.5. The third kappa shape index (κ3) is 8.12. The molecular weight excluding hydrogens is 330 g/mol. The molecule has 5 nitrogen and oxygen atoms in total. The van der Waals surface area contributed by atoms with Gasteiger partial charge in [0.05, 0.1) is 6.54 Å². The number of thioether (sulfide) groups is 1. The normalized spacial score (nSPS) is 16.8. The van der Waals surface area contributed by atoms with Crippen LogP contribution in [-0.2, 0) is 6.54 Å². The van der Waals surface area contributed by atoms with Gasteiger partial charge in [-0.2, -0.15) is 11.8 Å². The monoisotopic (exact) mass is 363 g/mol. The van der Waals surface area contributed by atoms with Crippen LogP contribution in [0.2, 0.25) is 0 Å². The second kappa shape index (κ2) is 12.2. The Hall–Kier alpha value is -1.24. The first-order valence-corrected chi connectivity index (χ1v) is 10.7. The molecule has 1 aromatic carbocycles. The first-order chi connectivity index (χ1) is 12.3. The molecule has 0 saturated carbocycles. The summed E-state index contributed by atoms with van der Waals surface area (Å²) in [5.74, 6) is 2.05. The highest BCUT2D eigenvalue weighted by atomic mass is 32.2. The molecule has 140 valence electrons. The van der Waals surface area contributed by atoms with Gasteiger partial charge in [0.1, 0.15) is 0 Å². The molecule has 2 N–H and O–H groups in total. The summed E-state index contributed by atoms with van der Waals surface area (Å²) in [5, 5.41) is 6.70. The van der Waals surface area contributed by atoms with Gasteiger partial charge < -0.3 is 10.6 Å². The fourth-order valence-electron chi connectivity index (χ4n) is 2.93. The molecule has 25 heavy (non-hydrogen) atoms. The fraction of sp³-hybridized carbons (Fsp3) is 0.632. The van der Waals surface area contributed by atoms with Gasteiger partial charge in [0.25, 0.3) is 0 Å². The molecule has 0 bridgehead atoms. The van der Waals surface area contributed by atoms with Crippen molar-refractivity contribution in [1.82, 2.24) is 20.4 Å². The average Bonchev–Trinajstić information content (AvgIpc) is 2.64. The molecule has 6 heteroatoms. The lowest BCUT2D eigenvalue weighted by atomic mass is 10.2. The second-order valence-corrected chi connectivity index (χ2v) is 7.27. The van der Waals surface area contributed by atoms with E-state index in [1.165, 1.54) is 5.56 Å². The lowest BCUT2D eigenvalue weighted by molar-refractivity contribution is 0.130. The van der Waals surface area contributed by atoms with Gasteiger partial charge in [-0.3, -0.25) is 14.8 Å². The van der Waals surface area contributed by atoms with Gasteiger partial charge >= 0.3 is 0 Å². The van der Waals surface area contributed by atoms with E-state index >= 15 is 0 Å². The van der Waals surface area contributed by atoms with Crippen LogP contribution in [0.4, 0.5) is 0 Å². The Labute approximate surface area is 157 Å². The van der Waals surface area contributed by atoms with E-state index in [1.807, 2.05) is 11.8 Å². The predicted molar refractivity (Wildman–Crippen MR) is 111 cm³/mol. The smallest absolute Gasteiger partial charge is 0.191 e. The Morgan fingerprint density at radius 3 is 2.48 bits per heavy atom. The minimum absolute atomic E-state index is 0.854. The maximum Gasteiger partial charge on any atom is 0.191 e. The standard InChI is InChI=1S/C19H33N5S/c1-3-20-19(22-10-16-25-2)21-9-11-23-12-14-24(15-13-23)17-18-7-5-4-6-8-18/h4-8H,3,9-17H2,1-2H3,(H2,20,21,22). The predicted octanol–water partition coefficient (Wildman–Crippen LogP) is 1.72. The van der Waals surface area contributed by atoms with Crippen molar-refractivity contribution in [1.29, 1.82) is 0 Å². The van der Waals surface area contributed by atoms with Crippen LogP contribution >= 0.6 is 11.8 Å². The SMILES string of the molecule is CCNC(=NCCN1CCN(Cc2ccccc2)CC1)NCCSC. The van der Waals surface area contributed by atoms with E-state index in [4.69, 9.17) is 4.99 Å². The third-order valence-electron chi connectivity index (χ3n) is 4.34. The molecule has 1 heterocycles. The zero-order chi connectivity index (χ0) is 17.7. The van der Waals surface area contributed by atoms with Crippen LogP contribution < -0.4 is 10.6 Å². The molecule has 1 saturated heterocycles. The molecule has 1 aliphatic rings. The van der Waals surface area contributed by atoms with Crippen molar-refractivity contribution in [3.63, 3.8) is 0 Å². The van der Waals surface area contributed by atoms with Gasteiger partial charge in [-0.15, -0.1) is 0 Å². The highest BCUT2D eigenvalue weighted by molar-refractivity contribution is 7.98. The summed E-state index contributed by atoms with van der Waals surface area (Å²) >= 11 is 1.85. The summed E-state index contributed by atoms with van der Waals surface area (Å²) in [7, 11) is 0. The topological polar surface area (TPSA) is 42.9 Å². The third-order valence-corrected chi connectivity index (χ3v) is 4.96. The summed E-state index contributed by atoms with van der Waals surface area (Å²) in [6, 6.07) is 10.8. The van der Waals surface area contributed by atoms with Crippen LogP contribution in [0.3, 0.4) is 0 Å². The minimum Gasteiger partial charge on any atom is -0.357 e. The van der Waals surface area contributed by atoms with Crippen LogP contribution in [0, 0.1) is 0 Å². The highest BCUT2D eigenvalue weighted by Crippen LogP contribution is 2.08. The van der Waals surface area contributed by atoms with E-state index < -0.39 is 0 Å². The summed E-state index contributed by atoms with van der Waals surface area (Å²) in [6.07, 6.45) is 2.13. The van der Waals surface area contributed by atoms with Gasteiger partial charge in [0, 0.05) is 58.1 Å². The van der Waals surface area contributed by atoms with Crippen molar-refractivity contribution in [3.05, 3.63) is 35.9 Å². The molecule has 0 radical (unpaired) electrons. The Morgan fingerprint density at radius 2 is 1.80 bits per heavy atom. The van der Waals surface area contributed by atoms with Crippen LogP contribution in [0.25, 0.3) is 0 Å². The van der Waals surface area contributed by atoms with Gasteiger partial charge in [0.2, 0.25) is 0 Å². The lowest BCUT2D eigenvalue weighted by Crippen LogP contribution is -2.46. The zero-order valence-electron chi connectivity index (χ0n) is 15.7. The number of rotatable bonds is 9. The molecule has 0 unspecified atom stereocenters. The Morgan fingerprint density at radius 1 is 1.08 bits per heavy atom. The number of aliphatic imine (C=N–C) groups is 1. The molecule has 0 aromatic heterocycles. The van der Waals surface area contributed by atoms with Gasteiger partial charge in [-0.1, -0.05) is 30.3 Å². The van der Waals surface area contributed by atoms with E-state index in [1.54, 1.807) is 0 Å². The van der Waals surface area contributed by atoms with E-state index in [2.05, 4.69) is 63.9 Å². The Balaban J connectivity index is 1.66. The van der Waals surface area contributed by atoms with E-state index in [0.29, 0.717) is 0 Å². The van der Waals surface area contributed by atoms with Crippen molar-refractivity contribution >= 4 is 17.7 Å². The number of nitrogens with zero attached hydrogens (tertiary/aromatic N) is 3. The number of piperazine rings is 1. The molecule has 1 aliphatic heterocycles. The maximum absolute atomic E-state index is 4.70. The van der Waals surface area contributed by atoms with Crippen molar-refractivity contribution in [3.8, 4) is 0 Å². The van der Waals surface area contributed by atoms with E-state index in [-0.39, 0.29) is 0 Å².